The number of nitrogens with two attached hydrogens (primary N) is 1. The van der Waals surface area contributed by atoms with E-state index in [1.807, 2.05) is 6.07 Å². The van der Waals surface area contributed by atoms with Gasteiger partial charge in [0.05, 0.1) is 40.5 Å². The van der Waals surface area contributed by atoms with E-state index < -0.39 is 70.0 Å². The molecule has 2 N–H and O–H groups in total. The number of hydrogen-bond acceptors (Lipinski definition) is 6. The summed E-state index contributed by atoms with van der Waals surface area (Å²) in [5, 5.41) is 9.76. The van der Waals surface area contributed by atoms with Crippen LogP contribution < -0.4 is 10.6 Å². The van der Waals surface area contributed by atoms with Gasteiger partial charge in [-0.3, -0.25) is 4.79 Å². The van der Waals surface area contributed by atoms with Crippen LogP contribution in [0.5, 0.6) is 0 Å². The molecule has 1 amide bonds. The number of hydrogen-bond donors (Lipinski definition) is 1. The first-order chi connectivity index (χ1) is 21.7. The number of carbonyl (C=O) groups excluding carboxylic acids is 1. The van der Waals surface area contributed by atoms with Crippen LogP contribution in [0.25, 0.3) is 0 Å². The Morgan fingerprint density at radius 3 is 2.26 bits per heavy atom. The van der Waals surface area contributed by atoms with Crippen molar-refractivity contribution in [1.29, 1.82) is 5.26 Å². The van der Waals surface area contributed by atoms with Crippen molar-refractivity contribution in [3.8, 4) is 6.07 Å². The molecular weight excluding hydrogens is 636 g/mol. The lowest BCUT2D eigenvalue weighted by Crippen LogP contribution is -2.46. The smallest absolute Gasteiger partial charge is 0.366 e. The molecule has 0 radical (unpaired) electrons. The molecule has 1 fully saturated rings. The van der Waals surface area contributed by atoms with Crippen molar-refractivity contribution in [2.75, 3.05) is 23.8 Å². The molecule has 0 unspecified atom stereocenters. The van der Waals surface area contributed by atoms with E-state index >= 15 is 4.39 Å². The van der Waals surface area contributed by atoms with Gasteiger partial charge >= 0.3 is 12.8 Å². The molecule has 1 aliphatic heterocycles. The van der Waals surface area contributed by atoms with Crippen LogP contribution in [0.15, 0.2) is 65.6 Å². The summed E-state index contributed by atoms with van der Waals surface area (Å²) in [6, 6.07) is 13.9. The molecule has 0 bridgehead atoms. The van der Waals surface area contributed by atoms with E-state index in [9.17, 15) is 40.4 Å². The molecule has 0 aromatic heterocycles. The molecule has 1 heterocycles. The summed E-state index contributed by atoms with van der Waals surface area (Å²) in [5.74, 6) is -3.75. The molecule has 0 spiro atoms. The highest BCUT2D eigenvalue weighted by atomic mass is 32.2. The number of rotatable bonds is 11. The monoisotopic (exact) mass is 667 g/mol. The van der Waals surface area contributed by atoms with E-state index in [0.717, 1.165) is 18.2 Å². The Morgan fingerprint density at radius 2 is 1.72 bits per heavy atom. The van der Waals surface area contributed by atoms with E-state index in [0.29, 0.717) is 17.5 Å². The largest absolute Gasteiger partial charge is 0.416 e. The molecule has 4 rings (SSSR count). The minimum atomic E-state index is -4.54. The summed E-state index contributed by atoms with van der Waals surface area (Å²) in [6.45, 7) is -2.05. The zero-order valence-electron chi connectivity index (χ0n) is 24.6. The second kappa shape index (κ2) is 14.1. The highest BCUT2D eigenvalue weighted by Crippen LogP contribution is 2.43. The number of nitrogens with zero attached hydrogens (tertiary/aromatic N) is 2. The first kappa shape index (κ1) is 34.8. The molecule has 1 aliphatic rings. The highest BCUT2D eigenvalue weighted by Gasteiger charge is 2.36. The number of piperidine rings is 1. The number of halogens is 6. The number of benzene rings is 3. The lowest BCUT2D eigenvalue weighted by Gasteiger charge is -2.43. The quantitative estimate of drug-likeness (QED) is 0.226. The summed E-state index contributed by atoms with van der Waals surface area (Å²) >= 11 is 0. The van der Waals surface area contributed by atoms with Crippen molar-refractivity contribution < 1.29 is 44.3 Å². The normalized spacial score (nSPS) is 17.9. The van der Waals surface area contributed by atoms with Crippen LogP contribution in [0.1, 0.15) is 70.6 Å². The number of carbonyl (C=O) groups is 1. The molecule has 46 heavy (non-hydrogen) atoms. The van der Waals surface area contributed by atoms with Gasteiger partial charge in [0.1, 0.15) is 5.82 Å². The van der Waals surface area contributed by atoms with Crippen molar-refractivity contribution in [1.82, 2.24) is 0 Å². The molecule has 3 aromatic rings. The fraction of sp³-hybridized carbons (Fsp3) is 0.375. The number of ether oxygens (including phenoxy) is 1. The Bertz CT molecular complexity index is 1690. The average Bonchev–Trinajstić information content (AvgIpc) is 3.02. The number of nitriles is 1. The van der Waals surface area contributed by atoms with Gasteiger partial charge in [0.2, 0.25) is 0 Å². The third kappa shape index (κ3) is 7.64. The molecule has 246 valence electrons. The summed E-state index contributed by atoms with van der Waals surface area (Å²) in [7, 11) is -3.58. The van der Waals surface area contributed by atoms with Gasteiger partial charge in [-0.2, -0.15) is 27.2 Å². The third-order valence-corrected chi connectivity index (χ3v) is 9.98. The predicted octanol–water partition coefficient (Wildman–Crippen LogP) is 6.77. The van der Waals surface area contributed by atoms with Gasteiger partial charge in [-0.15, -0.1) is 0 Å². The van der Waals surface area contributed by atoms with E-state index in [-0.39, 0.29) is 41.3 Å². The van der Waals surface area contributed by atoms with Crippen molar-refractivity contribution in [3.05, 3.63) is 94.3 Å². The fourth-order valence-electron chi connectivity index (χ4n) is 5.80. The number of sulfone groups is 1. The second-order valence-corrected chi connectivity index (χ2v) is 13.2. The standard InChI is InChI=1S/C32H31F6N3O4S/c1-2-46(43,44)24-11-6-20(7-12-24)25(15-16-39)28-27(14-13-26(29(28)33)30(40)42)41-17-21(5-10-23(41)18-45-31(34)35)19-3-8-22(9-4-19)32(36,37)38/h3-4,6-9,11-14,21,23,25,31H,2,5,10,15,17-18H2,1H3,(H2,40,42)/t21-,23+,25+/m1/s1. The first-order valence-electron chi connectivity index (χ1n) is 14.3. The maximum atomic E-state index is 16.3. The predicted molar refractivity (Wildman–Crippen MR) is 158 cm³/mol. The van der Waals surface area contributed by atoms with Crippen LogP contribution in [0, 0.1) is 17.1 Å². The van der Waals surface area contributed by atoms with Crippen LogP contribution in [0.2, 0.25) is 0 Å². The Hall–Kier alpha value is -4.09. The van der Waals surface area contributed by atoms with E-state index in [2.05, 4.69) is 4.74 Å². The van der Waals surface area contributed by atoms with Crippen LogP contribution in [0.4, 0.5) is 32.0 Å². The van der Waals surface area contributed by atoms with E-state index in [4.69, 9.17) is 5.73 Å². The zero-order chi connectivity index (χ0) is 33.8. The lowest BCUT2D eigenvalue weighted by molar-refractivity contribution is -0.137. The van der Waals surface area contributed by atoms with Crippen LogP contribution in [-0.4, -0.2) is 45.9 Å². The van der Waals surface area contributed by atoms with Crippen molar-refractivity contribution in [2.24, 2.45) is 5.73 Å². The summed E-state index contributed by atoms with van der Waals surface area (Å²) in [6.07, 6.45) is -4.23. The number of anilines is 1. The summed E-state index contributed by atoms with van der Waals surface area (Å²) < 4.78 is 112. The number of alkyl halides is 5. The van der Waals surface area contributed by atoms with Crippen molar-refractivity contribution >= 4 is 21.4 Å². The molecule has 3 atom stereocenters. The molecule has 7 nitrogen and oxygen atoms in total. The fourth-order valence-corrected chi connectivity index (χ4v) is 6.69. The molecular formula is C32H31F6N3O4S. The third-order valence-electron chi connectivity index (χ3n) is 8.23. The van der Waals surface area contributed by atoms with Crippen molar-refractivity contribution in [2.45, 2.75) is 61.7 Å². The molecule has 14 heteroatoms. The molecule has 0 aliphatic carbocycles. The second-order valence-electron chi connectivity index (χ2n) is 10.9. The van der Waals surface area contributed by atoms with E-state index in [1.165, 1.54) is 49.4 Å². The summed E-state index contributed by atoms with van der Waals surface area (Å²) in [4.78, 5) is 13.8. The minimum absolute atomic E-state index is 0.0145. The van der Waals surface area contributed by atoms with Gasteiger partial charge in [-0.05, 0) is 60.4 Å². The maximum absolute atomic E-state index is 16.3. The topological polar surface area (TPSA) is 113 Å². The van der Waals surface area contributed by atoms with Crippen LogP contribution in [0.3, 0.4) is 0 Å². The number of primary amides is 1. The lowest BCUT2D eigenvalue weighted by atomic mass is 9.83. The van der Waals surface area contributed by atoms with Crippen molar-refractivity contribution in [3.63, 3.8) is 0 Å². The van der Waals surface area contributed by atoms with Gasteiger partial charge in [-0.1, -0.05) is 31.2 Å². The van der Waals surface area contributed by atoms with Gasteiger partial charge in [0, 0.05) is 36.1 Å². The molecule has 0 saturated carbocycles. The maximum Gasteiger partial charge on any atom is 0.416 e. The van der Waals surface area contributed by atoms with Gasteiger partial charge < -0.3 is 15.4 Å². The Labute approximate surface area is 262 Å². The number of amides is 1. The average molecular weight is 668 g/mol. The molecule has 1 saturated heterocycles. The molecule has 3 aromatic carbocycles. The van der Waals surface area contributed by atoms with E-state index in [1.54, 1.807) is 4.90 Å². The Kier molecular flexibility index (Phi) is 10.7. The summed E-state index contributed by atoms with van der Waals surface area (Å²) in [5.41, 5.74) is 5.02. The van der Waals surface area contributed by atoms with Gasteiger partial charge in [0.15, 0.2) is 9.84 Å². The van der Waals surface area contributed by atoms with Gasteiger partial charge in [0.25, 0.3) is 5.91 Å². The Balaban J connectivity index is 1.86. The van der Waals surface area contributed by atoms with Gasteiger partial charge in [-0.25, -0.2) is 12.8 Å². The van der Waals surface area contributed by atoms with Crippen LogP contribution in [-0.2, 0) is 20.8 Å². The van der Waals surface area contributed by atoms with Crippen LogP contribution >= 0.6 is 0 Å². The first-order valence-corrected chi connectivity index (χ1v) is 16.0. The zero-order valence-corrected chi connectivity index (χ0v) is 25.4. The highest BCUT2D eigenvalue weighted by molar-refractivity contribution is 7.91. The SMILES string of the molecule is CCS(=O)(=O)c1ccc([C@H](CC#N)c2c(N3C[C@H](c4ccc(C(F)(F)F)cc4)CC[C@H]3COC(F)F)ccc(C(N)=O)c2F)cc1. The minimum Gasteiger partial charge on any atom is -0.366 e. The Morgan fingerprint density at radius 1 is 1.07 bits per heavy atom.